The predicted octanol–water partition coefficient (Wildman–Crippen LogP) is 1.49. The van der Waals surface area contributed by atoms with Crippen LogP contribution in [0.5, 0.6) is 0 Å². The van der Waals surface area contributed by atoms with Crippen molar-refractivity contribution in [2.24, 2.45) is 0 Å². The first-order chi connectivity index (χ1) is 12.0. The number of carboxylic acids is 1. The number of benzene rings is 1. The van der Waals surface area contributed by atoms with Crippen LogP contribution in [0.15, 0.2) is 42.6 Å². The number of carbonyl (C=O) groups excluding carboxylic acids is 1. The first-order valence-electron chi connectivity index (χ1n) is 8.38. The zero-order chi connectivity index (χ0) is 17.8. The lowest BCUT2D eigenvalue weighted by Crippen LogP contribution is -2.48. The molecule has 1 aliphatic heterocycles. The fourth-order valence-corrected chi connectivity index (χ4v) is 2.89. The quantitative estimate of drug-likeness (QED) is 0.891. The van der Waals surface area contributed by atoms with Gasteiger partial charge >= 0.3 is 5.97 Å². The van der Waals surface area contributed by atoms with Gasteiger partial charge in [0.05, 0.1) is 0 Å². The largest absolute Gasteiger partial charge is 0.480 e. The van der Waals surface area contributed by atoms with Crippen molar-refractivity contribution in [1.82, 2.24) is 19.6 Å². The Labute approximate surface area is 146 Å². The van der Waals surface area contributed by atoms with Crippen LogP contribution in [0, 0.1) is 0 Å². The van der Waals surface area contributed by atoms with Crippen LogP contribution in [0.3, 0.4) is 0 Å². The Balaban J connectivity index is 1.56. The van der Waals surface area contributed by atoms with E-state index in [1.54, 1.807) is 11.0 Å². The van der Waals surface area contributed by atoms with Crippen LogP contribution in [0.4, 0.5) is 0 Å². The van der Waals surface area contributed by atoms with Gasteiger partial charge in [-0.25, -0.2) is 4.79 Å². The highest BCUT2D eigenvalue weighted by Gasteiger charge is 2.24. The minimum atomic E-state index is -0.975. The number of hydrogen-bond acceptors (Lipinski definition) is 4. The fraction of sp³-hybridized carbons (Fsp3) is 0.389. The summed E-state index contributed by atoms with van der Waals surface area (Å²) in [7, 11) is 0. The van der Waals surface area contributed by atoms with E-state index in [1.165, 1.54) is 23.4 Å². The van der Waals surface area contributed by atoms with Crippen LogP contribution < -0.4 is 0 Å². The molecule has 1 aromatic heterocycles. The Morgan fingerprint density at radius 3 is 2.44 bits per heavy atom. The molecule has 1 aliphatic rings. The molecule has 7 heteroatoms. The summed E-state index contributed by atoms with van der Waals surface area (Å²) >= 11 is 0. The third kappa shape index (κ3) is 4.06. The monoisotopic (exact) mass is 342 g/mol. The van der Waals surface area contributed by atoms with Crippen molar-refractivity contribution in [3.63, 3.8) is 0 Å². The Bertz CT molecular complexity index is 736. The van der Waals surface area contributed by atoms with Crippen molar-refractivity contribution >= 4 is 11.9 Å². The normalized spacial score (nSPS) is 16.6. The van der Waals surface area contributed by atoms with Crippen LogP contribution in [0.25, 0.3) is 0 Å². The van der Waals surface area contributed by atoms with Gasteiger partial charge < -0.3 is 10.0 Å². The van der Waals surface area contributed by atoms with Crippen molar-refractivity contribution in [3.8, 4) is 0 Å². The first kappa shape index (κ1) is 17.2. The minimum absolute atomic E-state index is 0.143. The number of aromatic nitrogens is 2. The predicted molar refractivity (Wildman–Crippen MR) is 92.2 cm³/mol. The smallest absolute Gasteiger partial charge is 0.328 e. The topological polar surface area (TPSA) is 78.7 Å². The molecule has 0 radical (unpaired) electrons. The zero-order valence-electron chi connectivity index (χ0n) is 14.2. The van der Waals surface area contributed by atoms with Crippen LogP contribution in [0.2, 0.25) is 0 Å². The van der Waals surface area contributed by atoms with Gasteiger partial charge in [-0.3, -0.25) is 14.4 Å². The van der Waals surface area contributed by atoms with E-state index >= 15 is 0 Å². The van der Waals surface area contributed by atoms with Gasteiger partial charge in [-0.2, -0.15) is 5.10 Å². The maximum absolute atomic E-state index is 12.6. The maximum atomic E-state index is 12.6. The molecule has 25 heavy (non-hydrogen) atoms. The molecule has 7 nitrogen and oxygen atoms in total. The summed E-state index contributed by atoms with van der Waals surface area (Å²) in [6.07, 6.45) is 1.54. The Morgan fingerprint density at radius 2 is 1.80 bits per heavy atom. The van der Waals surface area contributed by atoms with Crippen molar-refractivity contribution in [2.75, 3.05) is 26.2 Å². The van der Waals surface area contributed by atoms with Crippen LogP contribution in [-0.2, 0) is 11.3 Å². The highest BCUT2D eigenvalue weighted by atomic mass is 16.4. The number of piperazine rings is 1. The van der Waals surface area contributed by atoms with E-state index in [9.17, 15) is 9.59 Å². The molecule has 0 bridgehead atoms. The number of carbonyl (C=O) groups is 2. The average molecular weight is 342 g/mol. The van der Waals surface area contributed by atoms with E-state index < -0.39 is 12.0 Å². The van der Waals surface area contributed by atoms with Gasteiger partial charge in [0.1, 0.15) is 11.7 Å². The molecule has 1 saturated heterocycles. The molecule has 2 aromatic rings. The Kier molecular flexibility index (Phi) is 5.14. The summed E-state index contributed by atoms with van der Waals surface area (Å²) in [6.45, 7) is 5.33. The van der Waals surface area contributed by atoms with Crippen LogP contribution in [0.1, 0.15) is 29.0 Å². The Hall–Kier alpha value is -2.67. The highest BCUT2D eigenvalue weighted by Crippen LogP contribution is 2.12. The molecule has 2 heterocycles. The lowest BCUT2D eigenvalue weighted by Gasteiger charge is -2.34. The van der Waals surface area contributed by atoms with Gasteiger partial charge in [0.2, 0.25) is 0 Å². The second-order valence-electron chi connectivity index (χ2n) is 6.25. The molecular weight excluding hydrogens is 320 g/mol. The number of rotatable bonds is 5. The van der Waals surface area contributed by atoms with Crippen molar-refractivity contribution in [2.45, 2.75) is 19.5 Å². The highest BCUT2D eigenvalue weighted by molar-refractivity contribution is 5.92. The van der Waals surface area contributed by atoms with Crippen molar-refractivity contribution in [3.05, 3.63) is 53.9 Å². The Morgan fingerprint density at radius 1 is 1.12 bits per heavy atom. The molecule has 1 aromatic carbocycles. The third-order valence-corrected chi connectivity index (χ3v) is 4.49. The standard InChI is InChI=1S/C18H22N4O3/c1-14(18(24)25)22-8-7-16(19-22)17(23)21-11-9-20(10-12-21)13-15-5-3-2-4-6-15/h2-8,14H,9-13H2,1H3,(H,24,25). The molecule has 1 unspecified atom stereocenters. The fourth-order valence-electron chi connectivity index (χ4n) is 2.89. The van der Waals surface area contributed by atoms with Gasteiger partial charge in [0.25, 0.3) is 5.91 Å². The summed E-state index contributed by atoms with van der Waals surface area (Å²) in [5.41, 5.74) is 1.56. The molecule has 0 spiro atoms. The van der Waals surface area contributed by atoms with E-state index in [0.717, 1.165) is 19.6 Å². The maximum Gasteiger partial charge on any atom is 0.328 e. The summed E-state index contributed by atoms with van der Waals surface area (Å²) in [4.78, 5) is 27.7. The lowest BCUT2D eigenvalue weighted by molar-refractivity contribution is -0.140. The number of carboxylic acid groups (broad SMARTS) is 1. The van der Waals surface area contributed by atoms with Crippen LogP contribution >= 0.6 is 0 Å². The summed E-state index contributed by atoms with van der Waals surface area (Å²) < 4.78 is 1.31. The molecule has 0 saturated carbocycles. The van der Waals surface area contributed by atoms with E-state index in [-0.39, 0.29) is 5.91 Å². The van der Waals surface area contributed by atoms with Gasteiger partial charge in [-0.15, -0.1) is 0 Å². The third-order valence-electron chi connectivity index (χ3n) is 4.49. The second-order valence-corrected chi connectivity index (χ2v) is 6.25. The molecule has 1 N–H and O–H groups in total. The summed E-state index contributed by atoms with van der Waals surface area (Å²) in [5, 5.41) is 13.1. The van der Waals surface area contributed by atoms with E-state index in [2.05, 4.69) is 22.1 Å². The molecular formula is C18H22N4O3. The number of hydrogen-bond donors (Lipinski definition) is 1. The first-order valence-corrected chi connectivity index (χ1v) is 8.38. The molecule has 1 fully saturated rings. The van der Waals surface area contributed by atoms with Crippen molar-refractivity contribution in [1.29, 1.82) is 0 Å². The van der Waals surface area contributed by atoms with Gasteiger partial charge in [0, 0.05) is 38.9 Å². The van der Waals surface area contributed by atoms with Gasteiger partial charge in [-0.1, -0.05) is 30.3 Å². The van der Waals surface area contributed by atoms with E-state index in [1.807, 2.05) is 18.2 Å². The summed E-state index contributed by atoms with van der Waals surface area (Å²) in [6, 6.07) is 11.1. The van der Waals surface area contributed by atoms with Crippen LogP contribution in [-0.4, -0.2) is 62.7 Å². The zero-order valence-corrected chi connectivity index (χ0v) is 14.2. The molecule has 132 valence electrons. The molecule has 1 atom stereocenters. The van der Waals surface area contributed by atoms with Gasteiger partial charge in [-0.05, 0) is 18.6 Å². The van der Waals surface area contributed by atoms with E-state index in [0.29, 0.717) is 18.8 Å². The number of amides is 1. The number of nitrogens with zero attached hydrogens (tertiary/aromatic N) is 4. The number of aliphatic carboxylic acids is 1. The second kappa shape index (κ2) is 7.48. The molecule has 3 rings (SSSR count). The SMILES string of the molecule is CC(C(=O)O)n1ccc(C(=O)N2CCN(Cc3ccccc3)CC2)n1. The van der Waals surface area contributed by atoms with Crippen molar-refractivity contribution < 1.29 is 14.7 Å². The summed E-state index contributed by atoms with van der Waals surface area (Å²) in [5.74, 6) is -1.12. The minimum Gasteiger partial charge on any atom is -0.480 e. The van der Waals surface area contributed by atoms with Gasteiger partial charge in [0.15, 0.2) is 0 Å². The average Bonchev–Trinajstić information content (AvgIpc) is 3.12. The lowest BCUT2D eigenvalue weighted by atomic mass is 10.2. The molecule has 0 aliphatic carbocycles. The molecule has 1 amide bonds. The van der Waals surface area contributed by atoms with E-state index in [4.69, 9.17) is 5.11 Å².